The Morgan fingerprint density at radius 1 is 1.19 bits per heavy atom. The highest BCUT2D eigenvalue weighted by molar-refractivity contribution is 5.74. The summed E-state index contributed by atoms with van der Waals surface area (Å²) in [4.78, 5) is 10.5. The smallest absolute Gasteiger partial charge is 0.183 e. The van der Waals surface area contributed by atoms with Gasteiger partial charge in [0.2, 0.25) is 0 Å². The minimum Gasteiger partial charge on any atom is -0.348 e. The second-order valence-corrected chi connectivity index (χ2v) is 4.90. The van der Waals surface area contributed by atoms with Crippen LogP contribution < -0.4 is 0 Å². The van der Waals surface area contributed by atoms with Crippen molar-refractivity contribution in [1.29, 1.82) is 0 Å². The zero-order valence-corrected chi connectivity index (χ0v) is 9.60. The minimum absolute atomic E-state index is 0.0826. The summed E-state index contributed by atoms with van der Waals surface area (Å²) in [6, 6.07) is 7.28. The predicted octanol–water partition coefficient (Wildman–Crippen LogP) is 2.57. The lowest BCUT2D eigenvalue weighted by Crippen LogP contribution is -2.33. The first kappa shape index (κ1) is 11.3. The molecular weight excluding hydrogens is 204 g/mol. The van der Waals surface area contributed by atoms with E-state index in [1.807, 2.05) is 12.1 Å². The molecular formula is C13H16O3. The van der Waals surface area contributed by atoms with Gasteiger partial charge in [0.25, 0.3) is 0 Å². The molecule has 0 N–H and O–H groups in total. The molecule has 16 heavy (non-hydrogen) atoms. The molecule has 0 aromatic heterocycles. The molecule has 0 atom stereocenters. The van der Waals surface area contributed by atoms with Crippen LogP contribution in [-0.2, 0) is 9.47 Å². The average molecular weight is 220 g/mol. The number of hydrogen-bond donors (Lipinski definition) is 0. The SMILES string of the molecule is CC1(C)COC(c2ccc(C=O)cc2)OC1. The van der Waals surface area contributed by atoms with Gasteiger partial charge >= 0.3 is 0 Å². The van der Waals surface area contributed by atoms with E-state index < -0.39 is 0 Å². The van der Waals surface area contributed by atoms with Crippen molar-refractivity contribution in [3.63, 3.8) is 0 Å². The highest BCUT2D eigenvalue weighted by Gasteiger charge is 2.28. The molecule has 1 saturated heterocycles. The van der Waals surface area contributed by atoms with E-state index in [0.29, 0.717) is 18.8 Å². The second kappa shape index (κ2) is 4.36. The fourth-order valence-electron chi connectivity index (χ4n) is 1.62. The normalized spacial score (nSPS) is 20.6. The number of ether oxygens (including phenoxy) is 2. The van der Waals surface area contributed by atoms with Crippen LogP contribution in [0.3, 0.4) is 0 Å². The summed E-state index contributed by atoms with van der Waals surface area (Å²) < 4.78 is 11.3. The van der Waals surface area contributed by atoms with Gasteiger partial charge in [-0.2, -0.15) is 0 Å². The standard InChI is InChI=1S/C13H16O3/c1-13(2)8-15-12(16-9-13)11-5-3-10(7-14)4-6-11/h3-7,12H,8-9H2,1-2H3. The van der Waals surface area contributed by atoms with Gasteiger partial charge < -0.3 is 9.47 Å². The zero-order chi connectivity index (χ0) is 11.6. The predicted molar refractivity (Wildman–Crippen MR) is 60.3 cm³/mol. The van der Waals surface area contributed by atoms with Crippen molar-refractivity contribution in [2.75, 3.05) is 13.2 Å². The Morgan fingerprint density at radius 3 is 2.25 bits per heavy atom. The molecule has 1 aliphatic heterocycles. The van der Waals surface area contributed by atoms with Crippen molar-refractivity contribution < 1.29 is 14.3 Å². The summed E-state index contributed by atoms with van der Waals surface area (Å²) in [5.41, 5.74) is 1.71. The highest BCUT2D eigenvalue weighted by Crippen LogP contribution is 2.30. The second-order valence-electron chi connectivity index (χ2n) is 4.90. The van der Waals surface area contributed by atoms with E-state index in [-0.39, 0.29) is 11.7 Å². The fraction of sp³-hybridized carbons (Fsp3) is 0.462. The van der Waals surface area contributed by atoms with E-state index in [1.165, 1.54) is 0 Å². The van der Waals surface area contributed by atoms with Gasteiger partial charge in [-0.1, -0.05) is 38.1 Å². The van der Waals surface area contributed by atoms with Crippen LogP contribution in [0.15, 0.2) is 24.3 Å². The first-order valence-corrected chi connectivity index (χ1v) is 5.39. The first-order chi connectivity index (χ1) is 7.61. The topological polar surface area (TPSA) is 35.5 Å². The molecule has 0 spiro atoms. The van der Waals surface area contributed by atoms with E-state index >= 15 is 0 Å². The van der Waals surface area contributed by atoms with Gasteiger partial charge in [0, 0.05) is 16.5 Å². The van der Waals surface area contributed by atoms with E-state index in [1.54, 1.807) is 12.1 Å². The lowest BCUT2D eigenvalue weighted by atomic mass is 9.95. The van der Waals surface area contributed by atoms with Gasteiger partial charge in [-0.25, -0.2) is 0 Å². The molecule has 0 bridgehead atoms. The monoisotopic (exact) mass is 220 g/mol. The number of rotatable bonds is 2. The molecule has 1 fully saturated rings. The Hall–Kier alpha value is -1.19. The number of benzene rings is 1. The third kappa shape index (κ3) is 2.49. The van der Waals surface area contributed by atoms with Crippen LogP contribution in [0.5, 0.6) is 0 Å². The molecule has 3 heteroatoms. The molecule has 2 rings (SSSR count). The molecule has 0 amide bonds. The van der Waals surface area contributed by atoms with E-state index in [9.17, 15) is 4.79 Å². The number of carbonyl (C=O) groups excluding carboxylic acids is 1. The summed E-state index contributed by atoms with van der Waals surface area (Å²) in [6.07, 6.45) is 0.531. The quantitative estimate of drug-likeness (QED) is 0.718. The van der Waals surface area contributed by atoms with Gasteiger partial charge in [-0.3, -0.25) is 4.79 Å². The highest BCUT2D eigenvalue weighted by atomic mass is 16.7. The molecule has 0 aliphatic carbocycles. The van der Waals surface area contributed by atoms with Gasteiger partial charge in [-0.05, 0) is 0 Å². The number of carbonyl (C=O) groups is 1. The van der Waals surface area contributed by atoms with E-state index in [4.69, 9.17) is 9.47 Å². The minimum atomic E-state index is -0.297. The van der Waals surface area contributed by atoms with Crippen LogP contribution in [0.4, 0.5) is 0 Å². The molecule has 0 saturated carbocycles. The molecule has 1 aromatic rings. The van der Waals surface area contributed by atoms with Gasteiger partial charge in [0.1, 0.15) is 6.29 Å². The molecule has 86 valence electrons. The van der Waals surface area contributed by atoms with Crippen molar-refractivity contribution in [3.8, 4) is 0 Å². The molecule has 1 aliphatic rings. The summed E-state index contributed by atoms with van der Waals surface area (Å²) >= 11 is 0. The number of hydrogen-bond acceptors (Lipinski definition) is 3. The van der Waals surface area contributed by atoms with Crippen LogP contribution in [0.1, 0.15) is 36.1 Å². The van der Waals surface area contributed by atoms with Crippen molar-refractivity contribution in [1.82, 2.24) is 0 Å². The maximum absolute atomic E-state index is 10.5. The van der Waals surface area contributed by atoms with E-state index in [2.05, 4.69) is 13.8 Å². The fourth-order valence-corrected chi connectivity index (χ4v) is 1.62. The van der Waals surface area contributed by atoms with Crippen molar-refractivity contribution in [2.24, 2.45) is 5.41 Å². The molecule has 0 unspecified atom stereocenters. The van der Waals surface area contributed by atoms with Crippen molar-refractivity contribution in [2.45, 2.75) is 20.1 Å². The van der Waals surface area contributed by atoms with Crippen molar-refractivity contribution >= 4 is 6.29 Å². The summed E-state index contributed by atoms with van der Waals surface area (Å²) in [5.74, 6) is 0. The van der Waals surface area contributed by atoms with Crippen molar-refractivity contribution in [3.05, 3.63) is 35.4 Å². The number of aldehydes is 1. The maximum Gasteiger partial charge on any atom is 0.183 e. The third-order valence-electron chi connectivity index (χ3n) is 2.60. The molecule has 1 aromatic carbocycles. The molecule has 3 nitrogen and oxygen atoms in total. The first-order valence-electron chi connectivity index (χ1n) is 5.39. The summed E-state index contributed by atoms with van der Waals surface area (Å²) in [7, 11) is 0. The Bertz CT molecular complexity index is 357. The summed E-state index contributed by atoms with van der Waals surface area (Å²) in [5, 5.41) is 0. The van der Waals surface area contributed by atoms with Crippen LogP contribution in [0.25, 0.3) is 0 Å². The van der Waals surface area contributed by atoms with Crippen LogP contribution in [-0.4, -0.2) is 19.5 Å². The summed E-state index contributed by atoms with van der Waals surface area (Å²) in [6.45, 7) is 5.59. The Labute approximate surface area is 95.4 Å². The molecule has 1 heterocycles. The Kier molecular flexibility index (Phi) is 3.08. The largest absolute Gasteiger partial charge is 0.348 e. The maximum atomic E-state index is 10.5. The van der Waals surface area contributed by atoms with Crippen LogP contribution in [0.2, 0.25) is 0 Å². The van der Waals surface area contributed by atoms with Gasteiger partial charge in [0.05, 0.1) is 13.2 Å². The van der Waals surface area contributed by atoms with Gasteiger partial charge in [0.15, 0.2) is 6.29 Å². The zero-order valence-electron chi connectivity index (χ0n) is 9.60. The Morgan fingerprint density at radius 2 is 1.75 bits per heavy atom. The third-order valence-corrected chi connectivity index (χ3v) is 2.60. The van der Waals surface area contributed by atoms with E-state index in [0.717, 1.165) is 11.8 Å². The lowest BCUT2D eigenvalue weighted by Gasteiger charge is -2.34. The Balaban J connectivity index is 2.05. The molecule has 0 radical (unpaired) electrons. The van der Waals surface area contributed by atoms with Crippen LogP contribution >= 0.6 is 0 Å². The average Bonchev–Trinajstić information content (AvgIpc) is 2.29. The van der Waals surface area contributed by atoms with Gasteiger partial charge in [-0.15, -0.1) is 0 Å². The lowest BCUT2D eigenvalue weighted by molar-refractivity contribution is -0.226. The van der Waals surface area contributed by atoms with Crippen LogP contribution in [0, 0.1) is 5.41 Å².